The average molecular weight is 464 g/mol. The fourth-order valence-corrected chi connectivity index (χ4v) is 2.62. The van der Waals surface area contributed by atoms with Gasteiger partial charge in [-0.2, -0.15) is 0 Å². The molecule has 16 heavy (non-hydrogen) atoms. The van der Waals surface area contributed by atoms with Crippen LogP contribution in [0.5, 0.6) is 0 Å². The lowest BCUT2D eigenvalue weighted by atomic mass is 10.1. The maximum Gasteiger partial charge on any atom is 0.175 e. The Morgan fingerprint density at radius 3 is 2.50 bits per heavy atom. The van der Waals surface area contributed by atoms with Gasteiger partial charge in [-0.3, -0.25) is 4.79 Å². The number of halogens is 2. The van der Waals surface area contributed by atoms with Gasteiger partial charge in [-0.25, -0.2) is 8.42 Å². The molecular weight excluding hydrogens is 454 g/mol. The minimum atomic E-state index is -3.24. The van der Waals surface area contributed by atoms with E-state index in [1.807, 2.05) is 0 Å². The molecule has 0 atom stereocenters. The topological polar surface area (TPSA) is 51.2 Å². The van der Waals surface area contributed by atoms with Gasteiger partial charge in [-0.1, -0.05) is 57.3 Å². The highest BCUT2D eigenvalue weighted by atomic mass is 127. The van der Waals surface area contributed by atoms with Crippen LogP contribution in [0.1, 0.15) is 16.8 Å². The van der Waals surface area contributed by atoms with Crippen LogP contribution in [0.4, 0.5) is 0 Å². The van der Waals surface area contributed by atoms with Crippen molar-refractivity contribution in [1.29, 1.82) is 0 Å². The molecule has 1 rings (SSSR count). The molecule has 88 valence electrons. The lowest BCUT2D eigenvalue weighted by Gasteiger charge is -2.04. The monoisotopic (exact) mass is 464 g/mol. The Kier molecular flexibility index (Phi) is 5.17. The van der Waals surface area contributed by atoms with E-state index >= 15 is 0 Å². The summed E-state index contributed by atoms with van der Waals surface area (Å²) in [5.74, 6) is -0.0284. The van der Waals surface area contributed by atoms with Crippen LogP contribution in [0, 0.1) is 0 Å². The van der Waals surface area contributed by atoms with E-state index in [-0.39, 0.29) is 12.6 Å². The molecule has 0 amide bonds. The molecule has 6 heteroatoms. The average Bonchev–Trinajstić information content (AvgIpc) is 2.15. The normalized spacial score (nSPS) is 11.8. The minimum Gasteiger partial charge on any atom is -0.294 e. The number of carbonyl (C=O) groups is 1. The molecule has 0 aliphatic heterocycles. The molecule has 0 saturated heterocycles. The minimum absolute atomic E-state index is 0.0284. The van der Waals surface area contributed by atoms with Gasteiger partial charge in [0.1, 0.15) is 0 Å². The van der Waals surface area contributed by atoms with Crippen LogP contribution < -0.4 is 0 Å². The van der Waals surface area contributed by atoms with Crippen molar-refractivity contribution >= 4 is 60.8 Å². The number of benzene rings is 1. The number of rotatable bonds is 4. The van der Waals surface area contributed by atoms with Crippen molar-refractivity contribution < 1.29 is 13.2 Å². The van der Waals surface area contributed by atoms with Gasteiger partial charge in [-0.15, -0.1) is 0 Å². The van der Waals surface area contributed by atoms with Crippen LogP contribution in [-0.4, -0.2) is 22.4 Å². The van der Waals surface area contributed by atoms with Crippen molar-refractivity contribution in [3.05, 3.63) is 29.8 Å². The van der Waals surface area contributed by atoms with Crippen LogP contribution >= 0.6 is 45.2 Å². The van der Waals surface area contributed by atoms with Crippen LogP contribution in [0.2, 0.25) is 0 Å². The van der Waals surface area contributed by atoms with Crippen LogP contribution in [-0.2, 0) is 9.84 Å². The summed E-state index contributed by atoms with van der Waals surface area (Å²) >= 11 is 4.31. The predicted octanol–water partition coefficient (Wildman–Crippen LogP) is 2.86. The zero-order valence-corrected chi connectivity index (χ0v) is 13.6. The van der Waals surface area contributed by atoms with E-state index in [2.05, 4.69) is 45.2 Å². The number of alkyl halides is 2. The molecule has 0 saturated carbocycles. The molecule has 0 heterocycles. The molecule has 0 spiro atoms. The van der Waals surface area contributed by atoms with Gasteiger partial charge in [0, 0.05) is 18.2 Å². The Bertz CT molecular complexity index is 495. The molecule has 1 aromatic carbocycles. The zero-order valence-electron chi connectivity index (χ0n) is 8.48. The third-order valence-electron chi connectivity index (χ3n) is 1.92. The third-order valence-corrected chi connectivity index (χ3v) is 3.91. The van der Waals surface area contributed by atoms with Gasteiger partial charge < -0.3 is 0 Å². The first-order chi connectivity index (χ1) is 7.30. The Hall–Kier alpha value is 0.300. The summed E-state index contributed by atoms with van der Waals surface area (Å²) < 4.78 is 22.8. The highest BCUT2D eigenvalue weighted by Crippen LogP contribution is 2.19. The number of carbonyl (C=O) groups excluding carboxylic acids is 1. The standard InChI is InChI=1S/C10H10I2O3S/c1-16(14,15)8-4-2-3-7(5-8)9(13)6-10(11)12/h2-5,10H,6H2,1H3. The molecule has 0 unspecified atom stereocenters. The van der Waals surface area contributed by atoms with Gasteiger partial charge in [0.05, 0.1) is 6.83 Å². The van der Waals surface area contributed by atoms with Gasteiger partial charge in [0.15, 0.2) is 15.6 Å². The molecule has 3 nitrogen and oxygen atoms in total. The third kappa shape index (κ3) is 4.28. The molecule has 0 fully saturated rings. The number of hydrogen-bond donors (Lipinski definition) is 0. The van der Waals surface area contributed by atoms with E-state index in [1.54, 1.807) is 12.1 Å². The number of ketones is 1. The summed E-state index contributed by atoms with van der Waals surface area (Å²) in [7, 11) is -3.24. The molecule has 1 aromatic rings. The van der Waals surface area contributed by atoms with Crippen molar-refractivity contribution in [1.82, 2.24) is 0 Å². The highest BCUT2D eigenvalue weighted by Gasteiger charge is 2.13. The van der Waals surface area contributed by atoms with Crippen molar-refractivity contribution in [2.75, 3.05) is 6.26 Å². The number of Topliss-reactive ketones (excluding diaryl/α,β-unsaturated/α-hetero) is 1. The van der Waals surface area contributed by atoms with Crippen LogP contribution in [0.15, 0.2) is 29.2 Å². The first-order valence-corrected chi connectivity index (χ1v) is 8.80. The number of sulfone groups is 1. The van der Waals surface area contributed by atoms with Crippen LogP contribution in [0.25, 0.3) is 0 Å². The summed E-state index contributed by atoms with van der Waals surface area (Å²) in [5.41, 5.74) is 0.459. The van der Waals surface area contributed by atoms with E-state index in [9.17, 15) is 13.2 Å². The van der Waals surface area contributed by atoms with E-state index in [0.717, 1.165) is 6.26 Å². The van der Waals surface area contributed by atoms with E-state index in [4.69, 9.17) is 0 Å². The molecule has 0 aliphatic carbocycles. The van der Waals surface area contributed by atoms with Crippen molar-refractivity contribution in [3.63, 3.8) is 0 Å². The fourth-order valence-electron chi connectivity index (χ4n) is 1.16. The summed E-state index contributed by atoms with van der Waals surface area (Å²) in [6.07, 6.45) is 1.55. The second-order valence-corrected chi connectivity index (χ2v) is 10.7. The Morgan fingerprint density at radius 2 is 2.00 bits per heavy atom. The second kappa shape index (κ2) is 5.76. The maximum absolute atomic E-state index is 11.7. The summed E-state index contributed by atoms with van der Waals surface area (Å²) in [6, 6.07) is 6.18. The summed E-state index contributed by atoms with van der Waals surface area (Å²) in [6.45, 7) is 0. The van der Waals surface area contributed by atoms with E-state index in [1.165, 1.54) is 12.1 Å². The molecule has 0 aromatic heterocycles. The largest absolute Gasteiger partial charge is 0.294 e. The van der Waals surface area contributed by atoms with Gasteiger partial charge in [0.2, 0.25) is 0 Å². The van der Waals surface area contributed by atoms with Crippen molar-refractivity contribution in [2.45, 2.75) is 13.2 Å². The Morgan fingerprint density at radius 1 is 1.38 bits per heavy atom. The second-order valence-electron chi connectivity index (χ2n) is 3.32. The first-order valence-electron chi connectivity index (χ1n) is 4.42. The number of hydrogen-bond acceptors (Lipinski definition) is 3. The quantitative estimate of drug-likeness (QED) is 0.392. The van der Waals surface area contributed by atoms with Gasteiger partial charge in [-0.05, 0) is 12.1 Å². The summed E-state index contributed by atoms with van der Waals surface area (Å²) in [4.78, 5) is 11.9. The highest BCUT2D eigenvalue weighted by molar-refractivity contribution is 14.2. The molecule has 0 bridgehead atoms. The smallest absolute Gasteiger partial charge is 0.175 e. The Labute approximate surface area is 122 Å². The Balaban J connectivity index is 3.04. The zero-order chi connectivity index (χ0) is 12.3. The first kappa shape index (κ1) is 14.4. The molecular formula is C10H10I2O3S. The van der Waals surface area contributed by atoms with E-state index < -0.39 is 9.84 Å². The van der Waals surface area contributed by atoms with Gasteiger partial charge >= 0.3 is 0 Å². The predicted molar refractivity (Wildman–Crippen MR) is 80.3 cm³/mol. The molecule has 0 N–H and O–H groups in total. The van der Waals surface area contributed by atoms with Gasteiger partial charge in [0.25, 0.3) is 0 Å². The van der Waals surface area contributed by atoms with Crippen molar-refractivity contribution in [2.24, 2.45) is 0 Å². The molecule has 0 aliphatic rings. The lowest BCUT2D eigenvalue weighted by molar-refractivity contribution is 0.0989. The summed E-state index contributed by atoms with van der Waals surface area (Å²) in [5, 5.41) is 0. The van der Waals surface area contributed by atoms with E-state index in [0.29, 0.717) is 12.0 Å². The SMILES string of the molecule is CS(=O)(=O)c1cccc(C(=O)CC(I)I)c1. The van der Waals surface area contributed by atoms with Crippen LogP contribution in [0.3, 0.4) is 0 Å². The molecule has 0 radical (unpaired) electrons. The maximum atomic E-state index is 11.7. The fraction of sp³-hybridized carbons (Fsp3) is 0.300. The lowest BCUT2D eigenvalue weighted by Crippen LogP contribution is -2.05. The van der Waals surface area contributed by atoms with Crippen molar-refractivity contribution in [3.8, 4) is 0 Å².